The molecule has 0 radical (unpaired) electrons. The Kier molecular flexibility index (Phi) is 6.30. The van der Waals surface area contributed by atoms with E-state index in [9.17, 15) is 5.11 Å². The van der Waals surface area contributed by atoms with Crippen molar-refractivity contribution in [2.75, 3.05) is 18.6 Å². The third-order valence-electron chi connectivity index (χ3n) is 2.98. The van der Waals surface area contributed by atoms with E-state index in [1.54, 1.807) is 23.1 Å². The van der Waals surface area contributed by atoms with Crippen LogP contribution in [0.2, 0.25) is 0 Å². The van der Waals surface area contributed by atoms with Gasteiger partial charge in [-0.15, -0.1) is 11.3 Å². The van der Waals surface area contributed by atoms with Crippen LogP contribution in [0, 0.1) is 6.92 Å². The van der Waals surface area contributed by atoms with E-state index in [-0.39, 0.29) is 6.04 Å². The lowest BCUT2D eigenvalue weighted by molar-refractivity contribution is 0.0821. The molecule has 1 heterocycles. The van der Waals surface area contributed by atoms with E-state index < -0.39 is 5.60 Å². The molecule has 5 heteroatoms. The lowest BCUT2D eigenvalue weighted by Crippen LogP contribution is -2.40. The van der Waals surface area contributed by atoms with Gasteiger partial charge < -0.3 is 10.4 Å². The summed E-state index contributed by atoms with van der Waals surface area (Å²) >= 11 is 3.45. The number of aliphatic hydroxyl groups is 1. The maximum atomic E-state index is 10.2. The summed E-state index contributed by atoms with van der Waals surface area (Å²) in [5.41, 5.74) is 0.450. The Morgan fingerprint density at radius 3 is 2.53 bits per heavy atom. The fourth-order valence-corrected chi connectivity index (χ4v) is 3.73. The molecule has 1 aromatic heterocycles. The van der Waals surface area contributed by atoms with Crippen molar-refractivity contribution in [3.63, 3.8) is 0 Å². The van der Waals surface area contributed by atoms with Gasteiger partial charge >= 0.3 is 0 Å². The van der Waals surface area contributed by atoms with Gasteiger partial charge in [0.1, 0.15) is 0 Å². The number of aromatic nitrogens is 1. The summed E-state index contributed by atoms with van der Waals surface area (Å²) in [5, 5.41) is 14.8. The lowest BCUT2D eigenvalue weighted by Gasteiger charge is -2.25. The summed E-state index contributed by atoms with van der Waals surface area (Å²) in [6.07, 6.45) is 2.01. The monoisotopic (exact) mass is 302 g/mol. The van der Waals surface area contributed by atoms with Crippen LogP contribution in [0.25, 0.3) is 0 Å². The molecule has 1 aromatic rings. The average Bonchev–Trinajstić information content (AvgIpc) is 2.68. The van der Waals surface area contributed by atoms with Gasteiger partial charge in [-0.1, -0.05) is 13.8 Å². The second-order valence-electron chi connectivity index (χ2n) is 5.69. The Hall–Kier alpha value is -0.100. The zero-order valence-corrected chi connectivity index (χ0v) is 14.4. The molecule has 2 atom stereocenters. The quantitative estimate of drug-likeness (QED) is 0.811. The molecule has 0 spiro atoms. The topological polar surface area (TPSA) is 45.1 Å². The molecule has 3 nitrogen and oxygen atoms in total. The fourth-order valence-electron chi connectivity index (χ4n) is 1.91. The zero-order chi connectivity index (χ0) is 14.6. The standard InChI is InChI=1S/C14H26N2OS2/c1-9(2)13-16-11(4)12(19-13)10(3)15-7-14(5,17)8-18-6/h9-10,15,17H,7-8H2,1-6H3. The molecule has 0 aliphatic rings. The molecule has 1 rings (SSSR count). The molecular formula is C14H26N2OS2. The van der Waals surface area contributed by atoms with Crippen LogP contribution in [-0.4, -0.2) is 34.2 Å². The highest BCUT2D eigenvalue weighted by atomic mass is 32.2. The van der Waals surface area contributed by atoms with Crippen LogP contribution in [0.15, 0.2) is 0 Å². The minimum Gasteiger partial charge on any atom is -0.388 e. The number of nitrogens with one attached hydrogen (secondary N) is 1. The molecule has 0 saturated heterocycles. The van der Waals surface area contributed by atoms with Gasteiger partial charge in [-0.25, -0.2) is 4.98 Å². The van der Waals surface area contributed by atoms with Gasteiger partial charge in [0.2, 0.25) is 0 Å². The Bertz CT molecular complexity index is 402. The molecule has 0 amide bonds. The molecule has 0 aliphatic carbocycles. The third-order valence-corrected chi connectivity index (χ3v) is 5.53. The molecular weight excluding hydrogens is 276 g/mol. The van der Waals surface area contributed by atoms with Gasteiger partial charge in [-0.2, -0.15) is 11.8 Å². The normalized spacial score (nSPS) is 16.6. The maximum Gasteiger partial charge on any atom is 0.0956 e. The first-order valence-electron chi connectivity index (χ1n) is 6.68. The van der Waals surface area contributed by atoms with Crippen molar-refractivity contribution in [1.82, 2.24) is 10.3 Å². The number of nitrogens with zero attached hydrogens (tertiary/aromatic N) is 1. The first kappa shape index (κ1) is 17.0. The first-order chi connectivity index (χ1) is 8.76. The number of thioether (sulfide) groups is 1. The highest BCUT2D eigenvalue weighted by Gasteiger charge is 2.22. The number of hydrogen-bond acceptors (Lipinski definition) is 5. The van der Waals surface area contributed by atoms with Gasteiger partial charge in [0.05, 0.1) is 16.3 Å². The Balaban J connectivity index is 2.65. The van der Waals surface area contributed by atoms with Crippen molar-refractivity contribution in [2.24, 2.45) is 0 Å². The summed E-state index contributed by atoms with van der Waals surface area (Å²) < 4.78 is 0. The molecule has 0 saturated carbocycles. The zero-order valence-electron chi connectivity index (χ0n) is 12.8. The minimum absolute atomic E-state index is 0.235. The number of rotatable bonds is 7. The summed E-state index contributed by atoms with van der Waals surface area (Å²) in [7, 11) is 0. The predicted octanol–water partition coefficient (Wildman–Crippen LogP) is 3.34. The van der Waals surface area contributed by atoms with Crippen molar-refractivity contribution in [3.8, 4) is 0 Å². The largest absolute Gasteiger partial charge is 0.388 e. The van der Waals surface area contributed by atoms with Crippen LogP contribution in [0.1, 0.15) is 55.2 Å². The fraction of sp³-hybridized carbons (Fsp3) is 0.786. The van der Waals surface area contributed by atoms with Crippen LogP contribution in [-0.2, 0) is 0 Å². The molecule has 2 N–H and O–H groups in total. The summed E-state index contributed by atoms with van der Waals surface area (Å²) in [6.45, 7) is 11.0. The number of hydrogen-bond donors (Lipinski definition) is 2. The van der Waals surface area contributed by atoms with Crippen molar-refractivity contribution in [3.05, 3.63) is 15.6 Å². The summed E-state index contributed by atoms with van der Waals surface area (Å²) in [5.74, 6) is 1.22. The molecule has 0 aliphatic heterocycles. The molecule has 0 bridgehead atoms. The van der Waals surface area contributed by atoms with Gasteiger partial charge in [0.15, 0.2) is 0 Å². The predicted molar refractivity (Wildman–Crippen MR) is 86.4 cm³/mol. The second-order valence-corrected chi connectivity index (χ2v) is 7.62. The first-order valence-corrected chi connectivity index (χ1v) is 8.90. The highest BCUT2D eigenvalue weighted by molar-refractivity contribution is 7.98. The Morgan fingerprint density at radius 1 is 1.42 bits per heavy atom. The van der Waals surface area contributed by atoms with Gasteiger partial charge in [-0.3, -0.25) is 0 Å². The highest BCUT2D eigenvalue weighted by Crippen LogP contribution is 2.29. The van der Waals surface area contributed by atoms with Gasteiger partial charge in [-0.05, 0) is 27.0 Å². The minimum atomic E-state index is -0.660. The van der Waals surface area contributed by atoms with Crippen LogP contribution in [0.3, 0.4) is 0 Å². The van der Waals surface area contributed by atoms with E-state index in [4.69, 9.17) is 0 Å². The van der Waals surface area contributed by atoms with Crippen LogP contribution < -0.4 is 5.32 Å². The Labute approximate surface area is 125 Å². The van der Waals surface area contributed by atoms with Gasteiger partial charge in [0.25, 0.3) is 0 Å². The van der Waals surface area contributed by atoms with E-state index in [2.05, 4.69) is 38.0 Å². The molecule has 19 heavy (non-hydrogen) atoms. The Morgan fingerprint density at radius 2 is 2.05 bits per heavy atom. The third kappa shape index (κ3) is 5.06. The number of thiazole rings is 1. The average molecular weight is 303 g/mol. The molecule has 110 valence electrons. The van der Waals surface area contributed by atoms with E-state index in [1.807, 2.05) is 13.2 Å². The van der Waals surface area contributed by atoms with E-state index >= 15 is 0 Å². The summed E-state index contributed by atoms with van der Waals surface area (Å²) in [6, 6.07) is 0.235. The van der Waals surface area contributed by atoms with Gasteiger partial charge in [0, 0.05) is 29.1 Å². The van der Waals surface area contributed by atoms with Crippen molar-refractivity contribution in [2.45, 2.75) is 52.2 Å². The summed E-state index contributed by atoms with van der Waals surface area (Å²) in [4.78, 5) is 5.91. The van der Waals surface area contributed by atoms with E-state index in [0.29, 0.717) is 12.5 Å². The van der Waals surface area contributed by atoms with Crippen molar-refractivity contribution in [1.29, 1.82) is 0 Å². The SMILES string of the molecule is CSCC(C)(O)CNC(C)c1sc(C(C)C)nc1C. The molecule has 2 unspecified atom stereocenters. The lowest BCUT2D eigenvalue weighted by atomic mass is 10.1. The number of aryl methyl sites for hydroxylation is 1. The second kappa shape index (κ2) is 7.07. The van der Waals surface area contributed by atoms with E-state index in [0.717, 1.165) is 11.4 Å². The van der Waals surface area contributed by atoms with E-state index in [1.165, 1.54) is 9.88 Å². The van der Waals surface area contributed by atoms with Crippen molar-refractivity contribution < 1.29 is 5.11 Å². The van der Waals surface area contributed by atoms with Crippen molar-refractivity contribution >= 4 is 23.1 Å². The van der Waals surface area contributed by atoms with Crippen LogP contribution >= 0.6 is 23.1 Å². The molecule has 0 aromatic carbocycles. The van der Waals surface area contributed by atoms with Crippen LogP contribution in [0.4, 0.5) is 0 Å². The molecule has 0 fully saturated rings. The maximum absolute atomic E-state index is 10.2. The van der Waals surface area contributed by atoms with Crippen LogP contribution in [0.5, 0.6) is 0 Å². The smallest absolute Gasteiger partial charge is 0.0956 e.